The lowest BCUT2D eigenvalue weighted by molar-refractivity contribution is -0.121. The highest BCUT2D eigenvalue weighted by atomic mass is 35.5. The van der Waals surface area contributed by atoms with Crippen LogP contribution >= 0.6 is 11.6 Å². The average molecular weight is 446 g/mol. The second-order valence-electron chi connectivity index (χ2n) is 8.79. The Balaban J connectivity index is 1.28. The number of nitrogens with one attached hydrogen (secondary N) is 2. The van der Waals surface area contributed by atoms with Crippen molar-refractivity contribution < 1.29 is 4.79 Å². The van der Waals surface area contributed by atoms with E-state index in [9.17, 15) is 4.79 Å². The van der Waals surface area contributed by atoms with Crippen LogP contribution in [-0.2, 0) is 4.79 Å². The fourth-order valence-electron chi connectivity index (χ4n) is 4.01. The summed E-state index contributed by atoms with van der Waals surface area (Å²) in [5, 5.41) is 8.41. The van der Waals surface area contributed by atoms with Crippen LogP contribution in [-0.4, -0.2) is 73.0 Å². The van der Waals surface area contributed by atoms with Crippen molar-refractivity contribution in [3.05, 3.63) is 35.5 Å². The van der Waals surface area contributed by atoms with Gasteiger partial charge in [0.1, 0.15) is 0 Å². The largest absolute Gasteiger partial charge is 0.384 e. The molecule has 170 valence electrons. The number of nitrogens with zero attached hydrogens (tertiary/aromatic N) is 3. The van der Waals surface area contributed by atoms with Crippen molar-refractivity contribution in [2.75, 3.05) is 57.7 Å². The van der Waals surface area contributed by atoms with Gasteiger partial charge >= 0.3 is 0 Å². The number of hydrogen-bond donors (Lipinski definition) is 2. The Hall–Kier alpha value is -1.89. The minimum atomic E-state index is 0.178. The summed E-state index contributed by atoms with van der Waals surface area (Å²) in [6.45, 7) is 12.5. The van der Waals surface area contributed by atoms with E-state index in [1.54, 1.807) is 0 Å². The Morgan fingerprint density at radius 3 is 2.42 bits per heavy atom. The highest BCUT2D eigenvalue weighted by Crippen LogP contribution is 2.24. The van der Waals surface area contributed by atoms with Gasteiger partial charge in [0, 0.05) is 68.0 Å². The van der Waals surface area contributed by atoms with Crippen LogP contribution in [0.3, 0.4) is 0 Å². The summed E-state index contributed by atoms with van der Waals surface area (Å²) in [6.07, 6.45) is 4.59. The normalized spacial score (nSPS) is 15.5. The smallest absolute Gasteiger partial charge is 0.220 e. The zero-order valence-corrected chi connectivity index (χ0v) is 19.6. The Bertz CT molecular complexity index is 836. The number of fused-ring (bicyclic) bond motifs is 1. The van der Waals surface area contributed by atoms with Gasteiger partial charge in [-0.15, -0.1) is 0 Å². The Kier molecular flexibility index (Phi) is 9.37. The molecule has 1 aliphatic heterocycles. The van der Waals surface area contributed by atoms with Crippen molar-refractivity contribution in [1.29, 1.82) is 0 Å². The molecule has 0 radical (unpaired) electrons. The summed E-state index contributed by atoms with van der Waals surface area (Å²) in [5.41, 5.74) is 2.04. The Morgan fingerprint density at radius 2 is 1.74 bits per heavy atom. The van der Waals surface area contributed by atoms with Crippen LogP contribution in [0.15, 0.2) is 30.5 Å². The Morgan fingerprint density at radius 1 is 1.06 bits per heavy atom. The third-order valence-corrected chi connectivity index (χ3v) is 5.94. The van der Waals surface area contributed by atoms with Crippen molar-refractivity contribution in [3.63, 3.8) is 0 Å². The summed E-state index contributed by atoms with van der Waals surface area (Å²) in [7, 11) is 0. The van der Waals surface area contributed by atoms with Gasteiger partial charge in [0.25, 0.3) is 0 Å². The maximum atomic E-state index is 11.7. The molecule has 2 aromatic rings. The number of anilines is 1. The summed E-state index contributed by atoms with van der Waals surface area (Å²) in [5.74, 6) is 0.600. The van der Waals surface area contributed by atoms with E-state index in [4.69, 9.17) is 11.6 Å². The molecule has 1 amide bonds. The molecule has 2 heterocycles. The van der Waals surface area contributed by atoms with Crippen molar-refractivity contribution >= 4 is 34.1 Å². The zero-order chi connectivity index (χ0) is 22.1. The van der Waals surface area contributed by atoms with Crippen molar-refractivity contribution in [2.45, 2.75) is 33.1 Å². The molecule has 31 heavy (non-hydrogen) atoms. The van der Waals surface area contributed by atoms with Crippen LogP contribution in [0.4, 0.5) is 5.69 Å². The van der Waals surface area contributed by atoms with E-state index in [1.807, 2.05) is 30.5 Å². The van der Waals surface area contributed by atoms with Crippen LogP contribution in [0.2, 0.25) is 5.02 Å². The van der Waals surface area contributed by atoms with Gasteiger partial charge in [-0.3, -0.25) is 9.78 Å². The van der Waals surface area contributed by atoms with Gasteiger partial charge in [-0.1, -0.05) is 25.4 Å². The maximum Gasteiger partial charge on any atom is 0.220 e. The highest BCUT2D eigenvalue weighted by molar-refractivity contribution is 6.31. The summed E-state index contributed by atoms with van der Waals surface area (Å²) < 4.78 is 0. The molecule has 0 aliphatic carbocycles. The Labute approximate surface area is 191 Å². The monoisotopic (exact) mass is 445 g/mol. The van der Waals surface area contributed by atoms with Crippen LogP contribution < -0.4 is 10.6 Å². The van der Waals surface area contributed by atoms with Crippen LogP contribution in [0.25, 0.3) is 10.9 Å². The van der Waals surface area contributed by atoms with E-state index in [1.165, 1.54) is 0 Å². The van der Waals surface area contributed by atoms with Crippen LogP contribution in [0.1, 0.15) is 33.1 Å². The van der Waals surface area contributed by atoms with Crippen molar-refractivity contribution in [1.82, 2.24) is 20.1 Å². The average Bonchev–Trinajstić information content (AvgIpc) is 2.74. The number of hydrogen-bond acceptors (Lipinski definition) is 5. The number of piperazine rings is 1. The molecule has 1 fully saturated rings. The lowest BCUT2D eigenvalue weighted by Gasteiger charge is -2.34. The van der Waals surface area contributed by atoms with Gasteiger partial charge in [-0.2, -0.15) is 0 Å². The number of pyridine rings is 1. The first kappa shape index (κ1) is 23.8. The van der Waals surface area contributed by atoms with E-state index in [-0.39, 0.29) is 5.91 Å². The number of amides is 1. The molecule has 0 unspecified atom stereocenters. The number of benzene rings is 1. The summed E-state index contributed by atoms with van der Waals surface area (Å²) in [4.78, 5) is 21.2. The second kappa shape index (κ2) is 12.2. The lowest BCUT2D eigenvalue weighted by atomic mass is 10.1. The number of halogens is 1. The minimum absolute atomic E-state index is 0.178. The first-order valence-electron chi connectivity index (χ1n) is 11.5. The lowest BCUT2D eigenvalue weighted by Crippen LogP contribution is -2.47. The molecule has 6 nitrogen and oxygen atoms in total. The molecule has 2 N–H and O–H groups in total. The SMILES string of the molecule is CC(C)CC(=O)NCCCN1CCN(CCCNc2ccnc3cc(Cl)ccc23)CC1. The molecular weight excluding hydrogens is 410 g/mol. The predicted octanol–water partition coefficient (Wildman–Crippen LogP) is 3.86. The van der Waals surface area contributed by atoms with E-state index in [0.29, 0.717) is 17.4 Å². The van der Waals surface area contributed by atoms with Gasteiger partial charge in [-0.05, 0) is 56.1 Å². The molecule has 0 atom stereocenters. The molecule has 0 spiro atoms. The fraction of sp³-hybridized carbons (Fsp3) is 0.583. The van der Waals surface area contributed by atoms with E-state index in [2.05, 4.69) is 39.3 Å². The third kappa shape index (κ3) is 7.95. The van der Waals surface area contributed by atoms with Gasteiger partial charge in [0.05, 0.1) is 5.52 Å². The van der Waals surface area contributed by atoms with Crippen LogP contribution in [0, 0.1) is 5.92 Å². The van der Waals surface area contributed by atoms with E-state index < -0.39 is 0 Å². The van der Waals surface area contributed by atoms with Crippen LogP contribution in [0.5, 0.6) is 0 Å². The molecular formula is C24H36ClN5O. The molecule has 7 heteroatoms. The first-order valence-corrected chi connectivity index (χ1v) is 11.9. The van der Waals surface area contributed by atoms with E-state index in [0.717, 1.165) is 81.8 Å². The molecule has 0 bridgehead atoms. The highest BCUT2D eigenvalue weighted by Gasteiger charge is 2.16. The standard InChI is InChI=1S/C24H36ClN5O/c1-19(2)17-24(31)28-9-4-12-30-15-13-29(14-16-30)11-3-8-26-22-7-10-27-23-18-20(25)5-6-21(22)23/h5-7,10,18-19H,3-4,8-9,11-17H2,1-2H3,(H,26,27)(H,28,31). The van der Waals surface area contributed by atoms with Crippen molar-refractivity contribution in [2.24, 2.45) is 5.92 Å². The molecule has 3 rings (SSSR count). The zero-order valence-electron chi connectivity index (χ0n) is 18.9. The molecule has 1 aliphatic rings. The molecule has 0 saturated carbocycles. The quantitative estimate of drug-likeness (QED) is 0.514. The molecule has 1 saturated heterocycles. The summed E-state index contributed by atoms with van der Waals surface area (Å²) in [6, 6.07) is 7.87. The third-order valence-electron chi connectivity index (χ3n) is 5.70. The van der Waals surface area contributed by atoms with Gasteiger partial charge in [0.2, 0.25) is 5.91 Å². The topological polar surface area (TPSA) is 60.5 Å². The molecule has 1 aromatic carbocycles. The van der Waals surface area contributed by atoms with Gasteiger partial charge < -0.3 is 20.4 Å². The fourth-order valence-corrected chi connectivity index (χ4v) is 4.18. The first-order chi connectivity index (χ1) is 15.0. The number of carbonyl (C=O) groups is 1. The number of aromatic nitrogens is 1. The number of rotatable bonds is 11. The van der Waals surface area contributed by atoms with E-state index >= 15 is 0 Å². The van der Waals surface area contributed by atoms with Gasteiger partial charge in [-0.25, -0.2) is 0 Å². The second-order valence-corrected chi connectivity index (χ2v) is 9.22. The minimum Gasteiger partial charge on any atom is -0.384 e. The van der Waals surface area contributed by atoms with Crippen molar-refractivity contribution in [3.8, 4) is 0 Å². The maximum absolute atomic E-state index is 11.7. The summed E-state index contributed by atoms with van der Waals surface area (Å²) >= 11 is 6.07. The molecule has 1 aromatic heterocycles. The predicted molar refractivity (Wildman–Crippen MR) is 130 cm³/mol. The number of carbonyl (C=O) groups excluding carboxylic acids is 1. The van der Waals surface area contributed by atoms with Gasteiger partial charge in [0.15, 0.2) is 0 Å².